The van der Waals surface area contributed by atoms with E-state index in [9.17, 15) is 12.8 Å². The molecule has 1 heterocycles. The van der Waals surface area contributed by atoms with E-state index in [-0.39, 0.29) is 10.9 Å². The van der Waals surface area contributed by atoms with Crippen LogP contribution in [-0.2, 0) is 14.4 Å². The van der Waals surface area contributed by atoms with Crippen LogP contribution in [0.4, 0.5) is 4.39 Å². The fourth-order valence-corrected chi connectivity index (χ4v) is 3.54. The standard InChI is InChI=1S/C10H14FNO3SSi/c11-8-1-3-10(4-2-8)16(13,14)12-7-9(12)5-6-15-17/h1-4,9H,5-7H2,17H3. The average Bonchev–Trinajstić information content (AvgIpc) is 3.07. The van der Waals surface area contributed by atoms with Gasteiger partial charge in [-0.3, -0.25) is 0 Å². The van der Waals surface area contributed by atoms with Gasteiger partial charge in [0.05, 0.1) is 4.90 Å². The second-order valence-corrected chi connectivity index (χ2v) is 6.43. The predicted octanol–water partition coefficient (Wildman–Crippen LogP) is -0.114. The molecule has 2 rings (SSSR count). The third-order valence-corrected chi connectivity index (χ3v) is 5.08. The van der Waals surface area contributed by atoms with Crippen LogP contribution in [0.1, 0.15) is 6.42 Å². The summed E-state index contributed by atoms with van der Waals surface area (Å²) < 4.78 is 43.3. The van der Waals surface area contributed by atoms with Crippen molar-refractivity contribution in [1.29, 1.82) is 0 Å². The van der Waals surface area contributed by atoms with Gasteiger partial charge in [-0.2, -0.15) is 4.31 Å². The Morgan fingerprint density at radius 1 is 1.41 bits per heavy atom. The number of benzene rings is 1. The fourth-order valence-electron chi connectivity index (χ4n) is 1.69. The number of hydrogen-bond acceptors (Lipinski definition) is 3. The van der Waals surface area contributed by atoms with E-state index in [1.165, 1.54) is 16.4 Å². The van der Waals surface area contributed by atoms with Crippen molar-refractivity contribution in [3.63, 3.8) is 0 Å². The molecule has 7 heteroatoms. The first-order chi connectivity index (χ1) is 8.05. The highest BCUT2D eigenvalue weighted by Gasteiger charge is 2.43. The molecular formula is C10H14FNO3SSi. The van der Waals surface area contributed by atoms with Crippen molar-refractivity contribution in [3.05, 3.63) is 30.1 Å². The van der Waals surface area contributed by atoms with E-state index in [0.717, 1.165) is 18.6 Å². The first-order valence-corrected chi connectivity index (χ1v) is 7.57. The summed E-state index contributed by atoms with van der Waals surface area (Å²) in [6.45, 7) is 1.14. The van der Waals surface area contributed by atoms with E-state index < -0.39 is 15.8 Å². The van der Waals surface area contributed by atoms with Gasteiger partial charge in [-0.15, -0.1) is 0 Å². The zero-order chi connectivity index (χ0) is 12.5. The molecular weight excluding hydrogens is 261 g/mol. The topological polar surface area (TPSA) is 46.4 Å². The van der Waals surface area contributed by atoms with E-state index in [0.29, 0.717) is 23.6 Å². The molecule has 1 aromatic rings. The van der Waals surface area contributed by atoms with E-state index in [4.69, 9.17) is 4.43 Å². The third kappa shape index (κ3) is 2.74. The molecule has 1 aliphatic heterocycles. The highest BCUT2D eigenvalue weighted by Crippen LogP contribution is 2.30. The molecule has 94 valence electrons. The Bertz CT molecular complexity index is 491. The SMILES string of the molecule is O=S(=O)(c1ccc(F)cc1)N1CC1CCO[SiH3]. The van der Waals surface area contributed by atoms with Crippen LogP contribution < -0.4 is 0 Å². The Kier molecular flexibility index (Phi) is 3.62. The highest BCUT2D eigenvalue weighted by molar-refractivity contribution is 7.89. The lowest BCUT2D eigenvalue weighted by Gasteiger charge is -2.06. The lowest BCUT2D eigenvalue weighted by Crippen LogP contribution is -2.15. The molecule has 0 spiro atoms. The normalized spacial score (nSPS) is 23.8. The summed E-state index contributed by atoms with van der Waals surface area (Å²) >= 11 is 0. The zero-order valence-electron chi connectivity index (χ0n) is 9.47. The molecule has 1 saturated heterocycles. The first kappa shape index (κ1) is 12.7. The van der Waals surface area contributed by atoms with Gasteiger partial charge in [0, 0.05) is 19.2 Å². The molecule has 1 aromatic carbocycles. The lowest BCUT2D eigenvalue weighted by molar-refractivity contribution is 0.335. The van der Waals surface area contributed by atoms with Crippen molar-refractivity contribution in [1.82, 2.24) is 4.31 Å². The summed E-state index contributed by atoms with van der Waals surface area (Å²) in [5, 5.41) is 0. The Labute approximate surface area is 103 Å². The van der Waals surface area contributed by atoms with Crippen molar-refractivity contribution in [2.45, 2.75) is 17.4 Å². The van der Waals surface area contributed by atoms with Gasteiger partial charge in [0.2, 0.25) is 10.0 Å². The Morgan fingerprint density at radius 2 is 2.06 bits per heavy atom. The molecule has 17 heavy (non-hydrogen) atoms. The molecule has 0 aromatic heterocycles. The summed E-state index contributed by atoms with van der Waals surface area (Å²) in [5.74, 6) is -0.435. The van der Waals surface area contributed by atoms with Gasteiger partial charge in [0.15, 0.2) is 0 Å². The molecule has 0 N–H and O–H groups in total. The molecule has 0 amide bonds. The maximum atomic E-state index is 12.7. The molecule has 2 unspecified atom stereocenters. The van der Waals surface area contributed by atoms with Crippen LogP contribution in [0.25, 0.3) is 0 Å². The second-order valence-electron chi connectivity index (χ2n) is 3.96. The Morgan fingerprint density at radius 3 is 2.65 bits per heavy atom. The van der Waals surface area contributed by atoms with Gasteiger partial charge in [0.25, 0.3) is 0 Å². The fraction of sp³-hybridized carbons (Fsp3) is 0.400. The van der Waals surface area contributed by atoms with E-state index >= 15 is 0 Å². The van der Waals surface area contributed by atoms with Crippen LogP contribution in [-0.4, -0.2) is 42.4 Å². The molecule has 2 atom stereocenters. The summed E-state index contributed by atoms with van der Waals surface area (Å²) in [4.78, 5) is 0.146. The van der Waals surface area contributed by atoms with Gasteiger partial charge in [0.1, 0.15) is 16.3 Å². The van der Waals surface area contributed by atoms with Crippen molar-refractivity contribution < 1.29 is 17.2 Å². The maximum Gasteiger partial charge on any atom is 0.243 e. The minimum atomic E-state index is -3.44. The number of rotatable bonds is 5. The van der Waals surface area contributed by atoms with Crippen LogP contribution in [0.15, 0.2) is 29.2 Å². The van der Waals surface area contributed by atoms with Gasteiger partial charge < -0.3 is 4.43 Å². The molecule has 0 radical (unpaired) electrons. The van der Waals surface area contributed by atoms with E-state index in [1.54, 1.807) is 0 Å². The van der Waals surface area contributed by atoms with Crippen molar-refractivity contribution in [3.8, 4) is 0 Å². The molecule has 0 aliphatic carbocycles. The second kappa shape index (κ2) is 4.85. The Hall–Kier alpha value is -0.763. The molecule has 1 aliphatic rings. The summed E-state index contributed by atoms with van der Waals surface area (Å²) in [7, 11) is -2.77. The molecule has 0 bridgehead atoms. The van der Waals surface area contributed by atoms with Crippen LogP contribution in [0, 0.1) is 5.82 Å². The predicted molar refractivity (Wildman–Crippen MR) is 64.6 cm³/mol. The van der Waals surface area contributed by atoms with Crippen LogP contribution in [0.2, 0.25) is 0 Å². The van der Waals surface area contributed by atoms with Gasteiger partial charge >= 0.3 is 0 Å². The first-order valence-electron chi connectivity index (χ1n) is 5.32. The summed E-state index contributed by atoms with van der Waals surface area (Å²) in [6, 6.07) is 4.95. The van der Waals surface area contributed by atoms with Crippen molar-refractivity contribution in [2.24, 2.45) is 0 Å². The summed E-state index contributed by atoms with van der Waals surface area (Å²) in [6.07, 6.45) is 0.726. The van der Waals surface area contributed by atoms with E-state index in [2.05, 4.69) is 0 Å². The minimum Gasteiger partial charge on any atom is -0.428 e. The monoisotopic (exact) mass is 275 g/mol. The summed E-state index contributed by atoms with van der Waals surface area (Å²) in [5.41, 5.74) is 0. The number of sulfonamides is 1. The van der Waals surface area contributed by atoms with Crippen LogP contribution >= 0.6 is 0 Å². The van der Waals surface area contributed by atoms with E-state index in [1.807, 2.05) is 0 Å². The molecule has 4 nitrogen and oxygen atoms in total. The zero-order valence-corrected chi connectivity index (χ0v) is 12.3. The third-order valence-electron chi connectivity index (χ3n) is 2.74. The minimum absolute atomic E-state index is 0.0407. The van der Waals surface area contributed by atoms with Crippen molar-refractivity contribution >= 4 is 20.5 Å². The molecule has 1 fully saturated rings. The number of halogens is 1. The number of hydrogen-bond donors (Lipinski definition) is 0. The largest absolute Gasteiger partial charge is 0.428 e. The average molecular weight is 275 g/mol. The highest BCUT2D eigenvalue weighted by atomic mass is 32.2. The van der Waals surface area contributed by atoms with Crippen LogP contribution in [0.5, 0.6) is 0 Å². The number of nitrogens with zero attached hydrogens (tertiary/aromatic N) is 1. The molecule has 0 saturated carbocycles. The van der Waals surface area contributed by atoms with Crippen LogP contribution in [0.3, 0.4) is 0 Å². The maximum absolute atomic E-state index is 12.7. The van der Waals surface area contributed by atoms with Crippen molar-refractivity contribution in [2.75, 3.05) is 13.2 Å². The quantitative estimate of drug-likeness (QED) is 0.556. The van der Waals surface area contributed by atoms with Gasteiger partial charge in [-0.05, 0) is 30.7 Å². The van der Waals surface area contributed by atoms with Gasteiger partial charge in [-0.1, -0.05) is 0 Å². The van der Waals surface area contributed by atoms with Gasteiger partial charge in [-0.25, -0.2) is 12.8 Å². The Balaban J connectivity index is 2.08. The smallest absolute Gasteiger partial charge is 0.243 e. The lowest BCUT2D eigenvalue weighted by atomic mass is 10.3.